The summed E-state index contributed by atoms with van der Waals surface area (Å²) in [4.78, 5) is 38.6. The van der Waals surface area contributed by atoms with Crippen LogP contribution >= 0.6 is 15.9 Å². The summed E-state index contributed by atoms with van der Waals surface area (Å²) in [5.74, 6) is -0.120. The largest absolute Gasteiger partial charge is 0.490 e. The van der Waals surface area contributed by atoms with Gasteiger partial charge in [0.2, 0.25) is 0 Å². The number of carbonyl (C=O) groups is 3. The number of amides is 4. The molecular weight excluding hydrogens is 504 g/mol. The molecule has 0 spiro atoms. The standard InChI is InChI=1S/C25H21BrN2O6/c1-2-32-21-12-17(20(26)13-22(21)34-15-16-7-4-3-5-8-16)11-19-23(29)27-25(31)28(24(19)30)14-18-9-6-10-33-18/h3-13H,2,14-15H2,1H3,(H,27,29,31)/b19-11+. The molecule has 1 aliphatic heterocycles. The number of nitrogens with one attached hydrogen (secondary N) is 1. The highest BCUT2D eigenvalue weighted by Gasteiger charge is 2.36. The predicted octanol–water partition coefficient (Wildman–Crippen LogP) is 4.68. The fourth-order valence-corrected chi connectivity index (χ4v) is 3.77. The van der Waals surface area contributed by atoms with E-state index in [0.29, 0.717) is 40.5 Å². The van der Waals surface area contributed by atoms with Crippen molar-refractivity contribution < 1.29 is 28.3 Å². The van der Waals surface area contributed by atoms with Gasteiger partial charge in [-0.2, -0.15) is 0 Å². The Kier molecular flexibility index (Phi) is 7.12. The number of hydrogen-bond donors (Lipinski definition) is 1. The Morgan fingerprint density at radius 1 is 1.03 bits per heavy atom. The molecule has 0 radical (unpaired) electrons. The number of furan rings is 1. The van der Waals surface area contributed by atoms with E-state index < -0.39 is 17.8 Å². The first-order valence-electron chi connectivity index (χ1n) is 10.5. The van der Waals surface area contributed by atoms with Crippen LogP contribution in [0.4, 0.5) is 4.79 Å². The molecule has 3 aromatic rings. The van der Waals surface area contributed by atoms with Crippen LogP contribution in [0.25, 0.3) is 6.08 Å². The van der Waals surface area contributed by atoms with Gasteiger partial charge in [0.05, 0.1) is 19.4 Å². The maximum atomic E-state index is 13.0. The Morgan fingerprint density at radius 2 is 1.79 bits per heavy atom. The van der Waals surface area contributed by atoms with Crippen LogP contribution in [-0.4, -0.2) is 29.4 Å². The summed E-state index contributed by atoms with van der Waals surface area (Å²) in [7, 11) is 0. The molecule has 0 unspecified atom stereocenters. The smallest absolute Gasteiger partial charge is 0.331 e. The van der Waals surface area contributed by atoms with Crippen molar-refractivity contribution in [3.05, 3.63) is 87.8 Å². The van der Waals surface area contributed by atoms with E-state index in [1.54, 1.807) is 24.3 Å². The third-order valence-electron chi connectivity index (χ3n) is 4.98. The Labute approximate surface area is 204 Å². The van der Waals surface area contributed by atoms with Gasteiger partial charge in [0.15, 0.2) is 11.5 Å². The van der Waals surface area contributed by atoms with E-state index in [0.717, 1.165) is 10.5 Å². The lowest BCUT2D eigenvalue weighted by molar-refractivity contribution is -0.130. The highest BCUT2D eigenvalue weighted by atomic mass is 79.9. The van der Waals surface area contributed by atoms with Crippen LogP contribution in [0, 0.1) is 0 Å². The van der Waals surface area contributed by atoms with Crippen LogP contribution in [0.5, 0.6) is 11.5 Å². The van der Waals surface area contributed by atoms with Crippen LogP contribution in [0.2, 0.25) is 0 Å². The molecule has 0 saturated carbocycles. The van der Waals surface area contributed by atoms with Gasteiger partial charge in [-0.15, -0.1) is 0 Å². The fourth-order valence-electron chi connectivity index (χ4n) is 3.33. The van der Waals surface area contributed by atoms with E-state index >= 15 is 0 Å². The van der Waals surface area contributed by atoms with Crippen molar-refractivity contribution in [3.63, 3.8) is 0 Å². The van der Waals surface area contributed by atoms with Gasteiger partial charge in [-0.3, -0.25) is 19.8 Å². The summed E-state index contributed by atoms with van der Waals surface area (Å²) in [6.45, 7) is 2.49. The van der Waals surface area contributed by atoms with Crippen molar-refractivity contribution in [1.29, 1.82) is 0 Å². The number of hydrogen-bond acceptors (Lipinski definition) is 6. The number of barbiturate groups is 1. The van der Waals surface area contributed by atoms with Gasteiger partial charge in [-0.25, -0.2) is 4.79 Å². The summed E-state index contributed by atoms with van der Waals surface area (Å²) >= 11 is 3.48. The van der Waals surface area contributed by atoms with Gasteiger partial charge < -0.3 is 13.9 Å². The number of rotatable bonds is 8. The van der Waals surface area contributed by atoms with E-state index in [1.807, 2.05) is 37.3 Å². The molecule has 1 aliphatic rings. The zero-order valence-electron chi connectivity index (χ0n) is 18.2. The second-order valence-corrected chi connectivity index (χ2v) is 8.17. The van der Waals surface area contributed by atoms with Crippen LogP contribution in [-0.2, 0) is 22.7 Å². The Bertz CT molecular complexity index is 1240. The molecule has 174 valence electrons. The molecule has 2 heterocycles. The molecule has 9 heteroatoms. The Balaban J connectivity index is 1.62. The van der Waals surface area contributed by atoms with Crippen molar-refractivity contribution in [3.8, 4) is 11.5 Å². The average Bonchev–Trinajstić information content (AvgIpc) is 3.34. The highest BCUT2D eigenvalue weighted by molar-refractivity contribution is 9.10. The van der Waals surface area contributed by atoms with Gasteiger partial charge in [0, 0.05) is 4.47 Å². The molecule has 0 bridgehead atoms. The lowest BCUT2D eigenvalue weighted by Crippen LogP contribution is -2.53. The number of ether oxygens (including phenoxy) is 2. The van der Waals surface area contributed by atoms with Gasteiger partial charge in [0.25, 0.3) is 11.8 Å². The summed E-state index contributed by atoms with van der Waals surface area (Å²) in [6.07, 6.45) is 2.85. The summed E-state index contributed by atoms with van der Waals surface area (Å²) < 4.78 is 17.5. The predicted molar refractivity (Wildman–Crippen MR) is 127 cm³/mol. The first-order chi connectivity index (χ1) is 16.5. The molecule has 1 fully saturated rings. The summed E-state index contributed by atoms with van der Waals surface area (Å²) in [5.41, 5.74) is 1.33. The van der Waals surface area contributed by atoms with Gasteiger partial charge in [-0.1, -0.05) is 46.3 Å². The van der Waals surface area contributed by atoms with E-state index in [2.05, 4.69) is 21.2 Å². The monoisotopic (exact) mass is 524 g/mol. The van der Waals surface area contributed by atoms with Crippen LogP contribution in [0.1, 0.15) is 23.8 Å². The van der Waals surface area contributed by atoms with Crippen LogP contribution in [0.3, 0.4) is 0 Å². The van der Waals surface area contributed by atoms with Crippen molar-refractivity contribution in [2.75, 3.05) is 6.61 Å². The zero-order valence-corrected chi connectivity index (χ0v) is 19.8. The van der Waals surface area contributed by atoms with E-state index in [-0.39, 0.29) is 12.1 Å². The number of benzene rings is 2. The normalized spacial score (nSPS) is 14.9. The third kappa shape index (κ3) is 5.20. The molecule has 1 N–H and O–H groups in total. The molecule has 4 rings (SSSR count). The quantitative estimate of drug-likeness (QED) is 0.339. The number of urea groups is 1. The molecular formula is C25H21BrN2O6. The molecule has 1 saturated heterocycles. The lowest BCUT2D eigenvalue weighted by atomic mass is 10.1. The topological polar surface area (TPSA) is 98.1 Å². The number of nitrogens with zero attached hydrogens (tertiary/aromatic N) is 1. The minimum Gasteiger partial charge on any atom is -0.490 e. The first-order valence-corrected chi connectivity index (χ1v) is 11.3. The maximum Gasteiger partial charge on any atom is 0.331 e. The second kappa shape index (κ2) is 10.4. The molecule has 1 aromatic heterocycles. The van der Waals surface area contributed by atoms with E-state index in [4.69, 9.17) is 13.9 Å². The molecule has 2 aromatic carbocycles. The van der Waals surface area contributed by atoms with Crippen molar-refractivity contribution in [2.24, 2.45) is 0 Å². The van der Waals surface area contributed by atoms with Gasteiger partial charge in [0.1, 0.15) is 17.9 Å². The van der Waals surface area contributed by atoms with Crippen molar-refractivity contribution in [1.82, 2.24) is 10.2 Å². The lowest BCUT2D eigenvalue weighted by Gasteiger charge is -2.25. The van der Waals surface area contributed by atoms with Crippen molar-refractivity contribution >= 4 is 39.9 Å². The molecule has 8 nitrogen and oxygen atoms in total. The van der Waals surface area contributed by atoms with E-state index in [1.165, 1.54) is 12.3 Å². The molecule has 0 aliphatic carbocycles. The average molecular weight is 525 g/mol. The van der Waals surface area contributed by atoms with E-state index in [9.17, 15) is 14.4 Å². The maximum absolute atomic E-state index is 13.0. The molecule has 0 atom stereocenters. The van der Waals surface area contributed by atoms with Crippen molar-refractivity contribution in [2.45, 2.75) is 20.1 Å². The molecule has 34 heavy (non-hydrogen) atoms. The third-order valence-corrected chi connectivity index (χ3v) is 5.67. The summed E-state index contributed by atoms with van der Waals surface area (Å²) in [5, 5.41) is 2.20. The minimum absolute atomic E-state index is 0.0973. The first kappa shape index (κ1) is 23.3. The van der Waals surface area contributed by atoms with Gasteiger partial charge in [-0.05, 0) is 48.4 Å². The zero-order chi connectivity index (χ0) is 24.1. The van der Waals surface area contributed by atoms with Crippen LogP contribution in [0.15, 0.2) is 75.3 Å². The number of halogens is 1. The summed E-state index contributed by atoms with van der Waals surface area (Å²) in [6, 6.07) is 15.6. The number of imide groups is 2. The molecule has 4 amide bonds. The van der Waals surface area contributed by atoms with Crippen LogP contribution < -0.4 is 14.8 Å². The second-order valence-electron chi connectivity index (χ2n) is 7.32. The number of carbonyl (C=O) groups excluding carboxylic acids is 3. The van der Waals surface area contributed by atoms with Gasteiger partial charge >= 0.3 is 6.03 Å². The fraction of sp³-hybridized carbons (Fsp3) is 0.160. The minimum atomic E-state index is -0.803. The Hall–Kier alpha value is -3.85. The SMILES string of the molecule is CCOc1cc(/C=C2\C(=O)NC(=O)N(Cc3ccco3)C2=O)c(Br)cc1OCc1ccccc1. The highest BCUT2D eigenvalue weighted by Crippen LogP contribution is 2.36. The Morgan fingerprint density at radius 3 is 2.50 bits per heavy atom.